The van der Waals surface area contributed by atoms with E-state index in [0.717, 1.165) is 50.6 Å². The smallest absolute Gasteiger partial charge is 0.326 e. The molecule has 5 rings (SSSR count). The van der Waals surface area contributed by atoms with Crippen LogP contribution in [0.5, 0.6) is 0 Å². The van der Waals surface area contributed by atoms with Gasteiger partial charge in [0, 0.05) is 99.2 Å². The molecule has 0 spiro atoms. The summed E-state index contributed by atoms with van der Waals surface area (Å²) in [6.07, 6.45) is 19.8. The summed E-state index contributed by atoms with van der Waals surface area (Å²) in [6.45, 7) is 14.2. The van der Waals surface area contributed by atoms with Gasteiger partial charge in [0.1, 0.15) is 0 Å². The maximum absolute atomic E-state index is 8.35. The highest BCUT2D eigenvalue weighted by Gasteiger charge is 2.69. The van der Waals surface area contributed by atoms with Gasteiger partial charge in [0.05, 0.1) is 0 Å². The third-order valence-corrected chi connectivity index (χ3v) is 34.4. The molecule has 1 saturated heterocycles. The molecular formula is C36H72O8Si4. The van der Waals surface area contributed by atoms with Crippen LogP contribution in [0.1, 0.15) is 130 Å². The summed E-state index contributed by atoms with van der Waals surface area (Å²) in [5.41, 5.74) is 1.87. The lowest BCUT2D eigenvalue weighted by Gasteiger charge is -2.58. The van der Waals surface area contributed by atoms with Gasteiger partial charge in [-0.3, -0.25) is 0 Å². The van der Waals surface area contributed by atoms with Crippen LogP contribution in [-0.2, 0) is 35.4 Å². The zero-order chi connectivity index (χ0) is 33.8. The number of hydrogen-bond acceptors (Lipinski definition) is 8. The van der Waals surface area contributed by atoms with Crippen molar-refractivity contribution in [3.63, 3.8) is 0 Å². The van der Waals surface area contributed by atoms with Crippen molar-refractivity contribution >= 4 is 34.2 Å². The molecule has 280 valence electrons. The number of hydrogen-bond donors (Lipinski definition) is 0. The number of ether oxygens (including phenoxy) is 4. The Morgan fingerprint density at radius 3 is 0.708 bits per heavy atom. The Balaban J connectivity index is 1.71. The molecular weight excluding hydrogens is 673 g/mol. The van der Waals surface area contributed by atoms with Crippen molar-refractivity contribution in [1.29, 1.82) is 0 Å². The van der Waals surface area contributed by atoms with E-state index in [0.29, 0.717) is 48.6 Å². The van der Waals surface area contributed by atoms with Crippen LogP contribution in [0.2, 0.25) is 46.3 Å². The first kappa shape index (κ1) is 39.7. The monoisotopic (exact) mass is 744 g/mol. The van der Waals surface area contributed by atoms with E-state index in [1.165, 1.54) is 103 Å². The fourth-order valence-electron chi connectivity index (χ4n) is 10.0. The first-order chi connectivity index (χ1) is 23.5. The molecule has 0 unspecified atom stereocenters. The lowest BCUT2D eigenvalue weighted by Crippen LogP contribution is -2.74. The van der Waals surface area contributed by atoms with Crippen molar-refractivity contribution < 1.29 is 35.4 Å². The van der Waals surface area contributed by atoms with Crippen LogP contribution >= 0.6 is 0 Å². The first-order valence-electron chi connectivity index (χ1n) is 20.6. The molecule has 0 amide bonds. The predicted octanol–water partition coefficient (Wildman–Crippen LogP) is 9.76. The zero-order valence-corrected chi connectivity index (χ0v) is 35.4. The van der Waals surface area contributed by atoms with Crippen LogP contribution in [0, 0.1) is 0 Å². The average molecular weight is 745 g/mol. The molecule has 4 aliphatic carbocycles. The Bertz CT molecular complexity index is 754. The van der Waals surface area contributed by atoms with E-state index in [2.05, 4.69) is 27.7 Å². The molecule has 0 aromatic carbocycles. The van der Waals surface area contributed by atoms with Crippen molar-refractivity contribution in [3.8, 4) is 0 Å². The third-order valence-electron chi connectivity index (χ3n) is 12.5. The van der Waals surface area contributed by atoms with Crippen LogP contribution in [0.15, 0.2) is 0 Å². The lowest BCUT2D eigenvalue weighted by atomic mass is 10.4. The van der Waals surface area contributed by atoms with Gasteiger partial charge < -0.3 is 35.4 Å². The van der Waals surface area contributed by atoms with Crippen molar-refractivity contribution in [2.45, 2.75) is 177 Å². The minimum Gasteiger partial charge on any atom is -0.415 e. The summed E-state index contributed by atoms with van der Waals surface area (Å²) in [7, 11) is -11.6. The Morgan fingerprint density at radius 2 is 0.542 bits per heavy atom. The van der Waals surface area contributed by atoms with Crippen molar-refractivity contribution in [1.82, 2.24) is 0 Å². The third kappa shape index (κ3) is 9.55. The maximum Gasteiger partial charge on any atom is 0.326 e. The largest absolute Gasteiger partial charge is 0.415 e. The molecule has 5 aliphatic rings. The van der Waals surface area contributed by atoms with E-state index in [-0.39, 0.29) is 0 Å². The summed E-state index contributed by atoms with van der Waals surface area (Å²) in [4.78, 5) is 0. The second-order valence-electron chi connectivity index (χ2n) is 15.4. The first-order valence-corrected chi connectivity index (χ1v) is 29.0. The minimum absolute atomic E-state index is 0.468. The Labute approximate surface area is 298 Å². The molecule has 8 nitrogen and oxygen atoms in total. The van der Waals surface area contributed by atoms with Gasteiger partial charge in [0.15, 0.2) is 0 Å². The summed E-state index contributed by atoms with van der Waals surface area (Å²) in [5.74, 6) is 0. The van der Waals surface area contributed by atoms with E-state index >= 15 is 0 Å². The molecule has 0 atom stereocenters. The summed E-state index contributed by atoms with van der Waals surface area (Å²) in [5, 5.41) is 0. The van der Waals surface area contributed by atoms with E-state index in [4.69, 9.17) is 35.4 Å². The predicted molar refractivity (Wildman–Crippen MR) is 201 cm³/mol. The Kier molecular flexibility index (Phi) is 16.2. The van der Waals surface area contributed by atoms with E-state index in [9.17, 15) is 0 Å². The molecule has 1 heterocycles. The van der Waals surface area contributed by atoms with Crippen molar-refractivity contribution in [2.75, 3.05) is 52.9 Å². The van der Waals surface area contributed by atoms with Gasteiger partial charge in [-0.2, -0.15) is 0 Å². The van der Waals surface area contributed by atoms with Gasteiger partial charge in [0.2, 0.25) is 0 Å². The van der Waals surface area contributed by atoms with Gasteiger partial charge in [-0.1, -0.05) is 51.4 Å². The van der Waals surface area contributed by atoms with E-state index in [1.54, 1.807) is 0 Å². The fraction of sp³-hybridized carbons (Fsp3) is 1.00. The average Bonchev–Trinajstić information content (AvgIpc) is 3.92. The molecule has 0 N–H and O–H groups in total. The van der Waals surface area contributed by atoms with Crippen molar-refractivity contribution in [3.05, 3.63) is 0 Å². The molecule has 0 bridgehead atoms. The van der Waals surface area contributed by atoms with Crippen LogP contribution in [0.3, 0.4) is 0 Å². The maximum atomic E-state index is 8.35. The molecule has 0 aromatic rings. The second-order valence-corrected chi connectivity index (χ2v) is 30.4. The minimum atomic E-state index is -2.91. The SMILES string of the molecule is CCOCC[Si]1(C2CCCC2)O[Si](CCOCC)(C2CCCC2)O[Si](CCOCC)(C2CCCC2)O[Si](CCOCC)(C2CCCC2)O1. The Morgan fingerprint density at radius 1 is 0.354 bits per heavy atom. The molecule has 1 aliphatic heterocycles. The van der Waals surface area contributed by atoms with Gasteiger partial charge in [-0.15, -0.1) is 0 Å². The topological polar surface area (TPSA) is 73.8 Å². The van der Waals surface area contributed by atoms with Crippen LogP contribution in [0.4, 0.5) is 0 Å². The van der Waals surface area contributed by atoms with Crippen LogP contribution in [0.25, 0.3) is 0 Å². The molecule has 0 radical (unpaired) electrons. The highest BCUT2D eigenvalue weighted by molar-refractivity contribution is 6.96. The molecule has 5 fully saturated rings. The summed E-state index contributed by atoms with van der Waals surface area (Å²) < 4.78 is 58.3. The standard InChI is InChI=1S/C36H72O8Si4/c1-5-37-25-29-45(33-17-9-10-18-33)41-46(30-26-38-6-2,34-19-11-12-20-34)43-48(32-28-40-8-4,36-23-15-16-24-36)44-47(42-45,31-27-39-7-3)35-21-13-14-22-35/h33-36H,5-32H2,1-4H3. The van der Waals surface area contributed by atoms with Gasteiger partial charge in [-0.05, 0) is 79.1 Å². The number of rotatable bonds is 20. The quantitative estimate of drug-likeness (QED) is 0.0902. The van der Waals surface area contributed by atoms with Gasteiger partial charge in [-0.25, -0.2) is 0 Å². The van der Waals surface area contributed by atoms with Gasteiger partial charge in [0.25, 0.3) is 0 Å². The highest BCUT2D eigenvalue weighted by Crippen LogP contribution is 2.58. The van der Waals surface area contributed by atoms with Gasteiger partial charge >= 0.3 is 34.2 Å². The zero-order valence-electron chi connectivity index (χ0n) is 31.4. The lowest BCUT2D eigenvalue weighted by molar-refractivity contribution is 0.121. The normalized spacial score (nSPS) is 34.8. The molecule has 4 saturated carbocycles. The van der Waals surface area contributed by atoms with Crippen LogP contribution < -0.4 is 0 Å². The van der Waals surface area contributed by atoms with Crippen LogP contribution in [-0.4, -0.2) is 87.1 Å². The highest BCUT2D eigenvalue weighted by atomic mass is 28.5. The Hall–Kier alpha value is 0.548. The molecule has 12 heteroatoms. The summed E-state index contributed by atoms with van der Waals surface area (Å²) >= 11 is 0. The van der Waals surface area contributed by atoms with Crippen molar-refractivity contribution in [2.24, 2.45) is 0 Å². The summed E-state index contributed by atoms with van der Waals surface area (Å²) in [6, 6.07) is 3.56. The fourth-order valence-corrected chi connectivity index (χ4v) is 38.7. The van der Waals surface area contributed by atoms with E-state index in [1.807, 2.05) is 0 Å². The second kappa shape index (κ2) is 19.6. The van der Waals surface area contributed by atoms with E-state index < -0.39 is 34.2 Å². The molecule has 0 aromatic heterocycles. The molecule has 48 heavy (non-hydrogen) atoms.